The van der Waals surface area contributed by atoms with Crippen LogP contribution in [0.3, 0.4) is 0 Å². The predicted molar refractivity (Wildman–Crippen MR) is 286 cm³/mol. The summed E-state index contributed by atoms with van der Waals surface area (Å²) in [7, 11) is 0. The number of β-amino-alcohol motifs (C(OH)–C–C–N with tert-alkyl or cyclic N) is 1. The van der Waals surface area contributed by atoms with Crippen LogP contribution in [0.25, 0.3) is 15.4 Å². The molecule has 0 spiro atoms. The lowest BCUT2D eigenvalue weighted by molar-refractivity contribution is -0.144. The summed E-state index contributed by atoms with van der Waals surface area (Å²) in [5.74, 6) is 0.483. The van der Waals surface area contributed by atoms with Crippen LogP contribution in [0.4, 0.5) is 0 Å². The smallest absolute Gasteiger partial charge is 0.246 e. The van der Waals surface area contributed by atoms with E-state index in [1.54, 1.807) is 22.7 Å². The molecule has 19 heteroatoms. The van der Waals surface area contributed by atoms with Crippen molar-refractivity contribution in [2.24, 2.45) is 10.4 Å². The molecular weight excluding hydrogens is 982 g/mol. The first kappa shape index (κ1) is 52.5. The fourth-order valence-electron chi connectivity index (χ4n) is 10.8. The zero-order valence-corrected chi connectivity index (χ0v) is 45.5. The minimum Gasteiger partial charge on any atom is -0.391 e. The molecule has 16 nitrogen and oxygen atoms in total. The normalized spacial score (nSPS) is 20.9. The van der Waals surface area contributed by atoms with Gasteiger partial charge in [0, 0.05) is 79.3 Å². The Morgan fingerprint density at radius 2 is 1.60 bits per heavy atom. The number of aromatic nitrogens is 4. The van der Waals surface area contributed by atoms with Crippen LogP contribution in [0, 0.1) is 33.1 Å². The highest BCUT2D eigenvalue weighted by Gasteiger charge is 2.45. The van der Waals surface area contributed by atoms with E-state index in [9.17, 15) is 24.3 Å². The Hall–Kier alpha value is -5.37. The monoisotopic (exact) mass is 1050 g/mol. The standard InChI is InChI=1S/C54H68ClN11O5S2/c1-31-34(4)73-53-46(31)47(37-14-16-39(55)17-15-37)58-42(50-61-60-35(5)66(50)53)27-45(69)64-21-9-20-63(24-25-64)40-18-22-62(23-19-40)29-44(68)59-49(54(6,7)8)52(71)65-28-41(67)26-43(65)51(70)57-32(2)36-10-12-38(13-11-36)48-33(3)56-30-72-48/h10-17,30,32,40-43,49,67H,9,18-29H2,1-8H3,(H,57,70)(H,59,68)/t32-,41+,42-,43-,49+/m0/s1. The molecule has 3 fully saturated rings. The van der Waals surface area contributed by atoms with Gasteiger partial charge in [0.05, 0.1) is 46.9 Å². The fourth-order valence-corrected chi connectivity index (χ4v) is 13.0. The van der Waals surface area contributed by atoms with Crippen molar-refractivity contribution in [2.45, 2.75) is 124 Å². The topological polar surface area (TPSA) is 181 Å². The molecule has 0 aliphatic carbocycles. The molecule has 9 rings (SSSR count). The quantitative estimate of drug-likeness (QED) is 0.118. The minimum absolute atomic E-state index is 0.00726. The maximum Gasteiger partial charge on any atom is 0.246 e. The van der Waals surface area contributed by atoms with Crippen molar-refractivity contribution in [3.63, 3.8) is 0 Å². The average Bonchev–Trinajstić information content (AvgIpc) is 4.08. The van der Waals surface area contributed by atoms with Gasteiger partial charge in [-0.1, -0.05) is 68.8 Å². The van der Waals surface area contributed by atoms with Crippen molar-refractivity contribution in [2.75, 3.05) is 52.4 Å². The molecule has 4 amide bonds. The summed E-state index contributed by atoms with van der Waals surface area (Å²) in [5.41, 5.74) is 8.04. The Morgan fingerprint density at radius 1 is 0.890 bits per heavy atom. The number of aryl methyl sites for hydroxylation is 3. The van der Waals surface area contributed by atoms with Crippen LogP contribution in [0.1, 0.15) is 116 Å². The number of aliphatic imine (C=N–C) groups is 1. The third-order valence-electron chi connectivity index (χ3n) is 15.1. The number of halogens is 1. The van der Waals surface area contributed by atoms with Crippen molar-refractivity contribution >= 4 is 63.6 Å². The Bertz CT molecular complexity index is 2860. The first-order valence-corrected chi connectivity index (χ1v) is 27.6. The molecule has 4 aliphatic rings. The van der Waals surface area contributed by atoms with Crippen LogP contribution >= 0.6 is 34.3 Å². The Morgan fingerprint density at radius 3 is 2.29 bits per heavy atom. The molecule has 5 atom stereocenters. The molecule has 0 bridgehead atoms. The fraction of sp³-hybridized carbons (Fsp3) is 0.519. The van der Waals surface area contributed by atoms with E-state index >= 15 is 0 Å². The lowest BCUT2D eigenvalue weighted by Gasteiger charge is -2.39. The number of aliphatic hydroxyl groups excluding tert-OH is 1. The molecule has 73 heavy (non-hydrogen) atoms. The maximum absolute atomic E-state index is 14.4. The van der Waals surface area contributed by atoms with E-state index in [2.05, 4.69) is 54.0 Å². The molecule has 388 valence electrons. The van der Waals surface area contributed by atoms with Gasteiger partial charge in [0.25, 0.3) is 0 Å². The van der Waals surface area contributed by atoms with E-state index in [0.29, 0.717) is 30.0 Å². The minimum atomic E-state index is -0.912. The largest absolute Gasteiger partial charge is 0.391 e. The number of thiazole rings is 1. The van der Waals surface area contributed by atoms with Gasteiger partial charge in [0.15, 0.2) is 5.82 Å². The summed E-state index contributed by atoms with van der Waals surface area (Å²) >= 11 is 9.59. The number of fused-ring (bicyclic) bond motifs is 3. The van der Waals surface area contributed by atoms with Crippen molar-refractivity contribution in [1.82, 2.24) is 50.0 Å². The first-order valence-electron chi connectivity index (χ1n) is 25.5. The summed E-state index contributed by atoms with van der Waals surface area (Å²) in [6, 6.07) is 13.4. The molecule has 0 radical (unpaired) electrons. The number of nitrogens with one attached hydrogen (secondary N) is 2. The molecule has 0 unspecified atom stereocenters. The maximum atomic E-state index is 14.4. The number of nitrogens with zero attached hydrogens (tertiary/aromatic N) is 9. The van der Waals surface area contributed by atoms with E-state index in [1.165, 1.54) is 9.78 Å². The van der Waals surface area contributed by atoms with E-state index in [4.69, 9.17) is 16.6 Å². The Labute approximate surface area is 441 Å². The summed E-state index contributed by atoms with van der Waals surface area (Å²) in [4.78, 5) is 76.4. The second-order valence-electron chi connectivity index (χ2n) is 21.3. The molecule has 0 saturated carbocycles. The van der Waals surface area contributed by atoms with Gasteiger partial charge in [-0.15, -0.1) is 32.9 Å². The van der Waals surface area contributed by atoms with Gasteiger partial charge in [-0.25, -0.2) is 4.98 Å². The van der Waals surface area contributed by atoms with Gasteiger partial charge in [0.2, 0.25) is 23.6 Å². The van der Waals surface area contributed by atoms with E-state index in [1.807, 2.05) is 100 Å². The Balaban J connectivity index is 0.777. The van der Waals surface area contributed by atoms with Crippen LogP contribution < -0.4 is 10.6 Å². The number of hydrogen-bond donors (Lipinski definition) is 3. The summed E-state index contributed by atoms with van der Waals surface area (Å²) < 4.78 is 2.08. The van der Waals surface area contributed by atoms with E-state index < -0.39 is 29.6 Å². The molecule has 2 aromatic carbocycles. The third-order valence-corrected chi connectivity index (χ3v) is 17.5. The zero-order valence-electron chi connectivity index (χ0n) is 43.2. The molecular formula is C54H68ClN11O5S2. The van der Waals surface area contributed by atoms with Gasteiger partial charge < -0.3 is 25.5 Å². The van der Waals surface area contributed by atoms with Gasteiger partial charge in [-0.2, -0.15) is 0 Å². The number of amides is 4. The van der Waals surface area contributed by atoms with Crippen molar-refractivity contribution in [3.05, 3.63) is 104 Å². The van der Waals surface area contributed by atoms with Crippen molar-refractivity contribution in [1.29, 1.82) is 0 Å². The molecule has 3 N–H and O–H groups in total. The van der Waals surface area contributed by atoms with Crippen LogP contribution in [0.15, 0.2) is 59.0 Å². The molecule has 3 aromatic heterocycles. The summed E-state index contributed by atoms with van der Waals surface area (Å²) in [5, 5.41) is 27.7. The predicted octanol–water partition coefficient (Wildman–Crippen LogP) is 6.99. The van der Waals surface area contributed by atoms with Gasteiger partial charge >= 0.3 is 0 Å². The van der Waals surface area contributed by atoms with Crippen LogP contribution in [0.5, 0.6) is 0 Å². The van der Waals surface area contributed by atoms with Crippen molar-refractivity contribution in [3.8, 4) is 15.4 Å². The van der Waals surface area contributed by atoms with Crippen LogP contribution in [-0.2, 0) is 19.2 Å². The first-order chi connectivity index (χ1) is 34.8. The van der Waals surface area contributed by atoms with Gasteiger partial charge in [-0.05, 0) is 88.1 Å². The lowest BCUT2D eigenvalue weighted by Crippen LogP contribution is -2.59. The number of carbonyl (C=O) groups excluding carboxylic acids is 4. The number of hydrogen-bond acceptors (Lipinski definition) is 13. The second-order valence-corrected chi connectivity index (χ2v) is 23.8. The number of likely N-dealkylation sites (tertiary alicyclic amines) is 2. The highest BCUT2D eigenvalue weighted by molar-refractivity contribution is 7.15. The highest BCUT2D eigenvalue weighted by atomic mass is 35.5. The second kappa shape index (κ2) is 21.8. The van der Waals surface area contributed by atoms with Gasteiger partial charge in [0.1, 0.15) is 29.0 Å². The van der Waals surface area contributed by atoms with Crippen molar-refractivity contribution < 1.29 is 24.3 Å². The van der Waals surface area contributed by atoms with E-state index in [0.717, 1.165) is 100 Å². The molecule has 5 aromatic rings. The lowest BCUT2D eigenvalue weighted by atomic mass is 9.85. The number of piperidine rings is 1. The number of thiophene rings is 1. The zero-order chi connectivity index (χ0) is 51.9. The average molecular weight is 1050 g/mol. The molecule has 3 saturated heterocycles. The number of rotatable bonds is 12. The van der Waals surface area contributed by atoms with Gasteiger partial charge in [-0.3, -0.25) is 38.5 Å². The van der Waals surface area contributed by atoms with E-state index in [-0.39, 0.29) is 55.6 Å². The number of aliphatic hydroxyl groups is 1. The highest BCUT2D eigenvalue weighted by Crippen LogP contribution is 2.40. The summed E-state index contributed by atoms with van der Waals surface area (Å²) in [6.45, 7) is 20.3. The number of carbonyl (C=O) groups is 4. The summed E-state index contributed by atoms with van der Waals surface area (Å²) in [6.07, 6.45) is 2.02. The third kappa shape index (κ3) is 11.3. The number of benzene rings is 2. The molecule has 4 aliphatic heterocycles. The van der Waals surface area contributed by atoms with Crippen LogP contribution in [-0.4, -0.2) is 150 Å². The SMILES string of the molecule is Cc1ncsc1-c1ccc([C@H](C)NC(=O)[C@@H]2C[C@@H](O)CN2C(=O)[C@@H](NC(=O)CN2CCC(N3CCCN(C(=O)C[C@@H]4N=C(c5ccc(Cl)cc5)c5c(sc(C)c5C)-n5c(C)nnc54)CC3)CC2)C(C)(C)C)cc1. The van der Waals surface area contributed by atoms with Crippen LogP contribution in [0.2, 0.25) is 5.02 Å². The molecule has 7 heterocycles. The Kier molecular flexibility index (Phi) is 15.7.